The lowest BCUT2D eigenvalue weighted by Crippen LogP contribution is -2.24. The van der Waals surface area contributed by atoms with Crippen LogP contribution in [0.25, 0.3) is 0 Å². The van der Waals surface area contributed by atoms with Crippen LogP contribution in [0.3, 0.4) is 0 Å². The summed E-state index contributed by atoms with van der Waals surface area (Å²) in [7, 11) is 0. The summed E-state index contributed by atoms with van der Waals surface area (Å²) in [4.78, 5) is 10.8. The highest BCUT2D eigenvalue weighted by Gasteiger charge is 2.17. The number of carbonyl (C=O) groups excluding carboxylic acids is 1. The van der Waals surface area contributed by atoms with Crippen LogP contribution >= 0.6 is 0 Å². The van der Waals surface area contributed by atoms with Crippen molar-refractivity contribution in [2.75, 3.05) is 0 Å². The summed E-state index contributed by atoms with van der Waals surface area (Å²) in [5.74, 6) is 1.13. The molecule has 0 aromatic rings. The molecule has 0 fully saturated rings. The number of amides is 1. The van der Waals surface area contributed by atoms with Gasteiger partial charge in [-0.05, 0) is 18.3 Å². The SMILES string of the molecule is CCC(CC(C)C(N)=O)C(C)C. The van der Waals surface area contributed by atoms with Crippen LogP contribution < -0.4 is 5.73 Å². The van der Waals surface area contributed by atoms with E-state index < -0.39 is 0 Å². The summed E-state index contributed by atoms with van der Waals surface area (Å²) in [6, 6.07) is 0. The standard InChI is InChI=1S/C10H21NO/c1-5-9(7(2)3)6-8(4)10(11)12/h7-9H,5-6H2,1-4H3,(H2,11,12). The normalized spacial score (nSPS) is 16.1. The van der Waals surface area contributed by atoms with Gasteiger partial charge in [-0.3, -0.25) is 4.79 Å². The van der Waals surface area contributed by atoms with Gasteiger partial charge < -0.3 is 5.73 Å². The summed E-state index contributed by atoms with van der Waals surface area (Å²) in [5.41, 5.74) is 5.20. The summed E-state index contributed by atoms with van der Waals surface area (Å²) in [6.07, 6.45) is 2.07. The smallest absolute Gasteiger partial charge is 0.220 e. The van der Waals surface area contributed by atoms with Gasteiger partial charge in [-0.15, -0.1) is 0 Å². The molecule has 1 amide bonds. The van der Waals surface area contributed by atoms with E-state index in [4.69, 9.17) is 5.73 Å². The summed E-state index contributed by atoms with van der Waals surface area (Å²) in [6.45, 7) is 8.47. The van der Waals surface area contributed by atoms with Crippen molar-refractivity contribution >= 4 is 5.91 Å². The second-order valence-corrected chi connectivity index (χ2v) is 3.95. The monoisotopic (exact) mass is 171 g/mol. The van der Waals surface area contributed by atoms with Gasteiger partial charge in [0.15, 0.2) is 0 Å². The maximum atomic E-state index is 10.8. The van der Waals surface area contributed by atoms with Crippen molar-refractivity contribution in [1.82, 2.24) is 0 Å². The first-order valence-electron chi connectivity index (χ1n) is 4.78. The lowest BCUT2D eigenvalue weighted by molar-refractivity contribution is -0.121. The van der Waals surface area contributed by atoms with Crippen LogP contribution in [0.5, 0.6) is 0 Å². The van der Waals surface area contributed by atoms with Crippen molar-refractivity contribution in [1.29, 1.82) is 0 Å². The van der Waals surface area contributed by atoms with Crippen LogP contribution in [0.2, 0.25) is 0 Å². The minimum atomic E-state index is -0.172. The van der Waals surface area contributed by atoms with Crippen LogP contribution in [-0.2, 0) is 4.79 Å². The first-order valence-corrected chi connectivity index (χ1v) is 4.78. The average molecular weight is 171 g/mol. The molecular weight excluding hydrogens is 150 g/mol. The molecular formula is C10H21NO. The zero-order chi connectivity index (χ0) is 9.72. The Morgan fingerprint density at radius 3 is 2.08 bits per heavy atom. The van der Waals surface area contributed by atoms with Crippen LogP contribution in [0, 0.1) is 17.8 Å². The fourth-order valence-electron chi connectivity index (χ4n) is 1.48. The van der Waals surface area contributed by atoms with E-state index in [9.17, 15) is 4.79 Å². The molecule has 0 spiro atoms. The first kappa shape index (κ1) is 11.5. The Kier molecular flexibility index (Phi) is 4.95. The molecule has 0 radical (unpaired) electrons. The molecule has 0 aromatic heterocycles. The number of hydrogen-bond acceptors (Lipinski definition) is 1. The summed E-state index contributed by atoms with van der Waals surface area (Å²) < 4.78 is 0. The number of primary amides is 1. The predicted molar refractivity (Wildman–Crippen MR) is 51.6 cm³/mol. The molecule has 2 atom stereocenters. The molecule has 0 bridgehead atoms. The van der Waals surface area contributed by atoms with E-state index >= 15 is 0 Å². The van der Waals surface area contributed by atoms with Crippen molar-refractivity contribution in [3.63, 3.8) is 0 Å². The third kappa shape index (κ3) is 3.74. The van der Waals surface area contributed by atoms with Crippen LogP contribution in [0.15, 0.2) is 0 Å². The third-order valence-electron chi connectivity index (χ3n) is 2.61. The van der Waals surface area contributed by atoms with Crippen LogP contribution in [0.4, 0.5) is 0 Å². The molecule has 72 valence electrons. The maximum absolute atomic E-state index is 10.8. The predicted octanol–water partition coefficient (Wildman–Crippen LogP) is 2.18. The third-order valence-corrected chi connectivity index (χ3v) is 2.61. The highest BCUT2D eigenvalue weighted by atomic mass is 16.1. The van der Waals surface area contributed by atoms with Crippen LogP contribution in [0.1, 0.15) is 40.5 Å². The molecule has 0 saturated carbocycles. The molecule has 0 aliphatic rings. The van der Waals surface area contributed by atoms with Gasteiger partial charge in [0.05, 0.1) is 0 Å². The molecule has 0 rings (SSSR count). The van der Waals surface area contributed by atoms with E-state index in [-0.39, 0.29) is 11.8 Å². The zero-order valence-corrected chi connectivity index (χ0v) is 8.63. The molecule has 0 saturated heterocycles. The molecule has 0 aliphatic carbocycles. The molecule has 0 aliphatic heterocycles. The second kappa shape index (κ2) is 5.18. The van der Waals surface area contributed by atoms with Gasteiger partial charge in [-0.2, -0.15) is 0 Å². The van der Waals surface area contributed by atoms with Crippen molar-refractivity contribution in [3.05, 3.63) is 0 Å². The largest absolute Gasteiger partial charge is 0.369 e. The van der Waals surface area contributed by atoms with Gasteiger partial charge in [0, 0.05) is 5.92 Å². The molecule has 2 heteroatoms. The number of nitrogens with two attached hydrogens (primary N) is 1. The lowest BCUT2D eigenvalue weighted by atomic mass is 9.85. The minimum Gasteiger partial charge on any atom is -0.369 e. The maximum Gasteiger partial charge on any atom is 0.220 e. The van der Waals surface area contributed by atoms with Crippen molar-refractivity contribution in [3.8, 4) is 0 Å². The summed E-state index contributed by atoms with van der Waals surface area (Å²) in [5, 5.41) is 0. The van der Waals surface area contributed by atoms with E-state index in [2.05, 4.69) is 20.8 Å². The topological polar surface area (TPSA) is 43.1 Å². The molecule has 12 heavy (non-hydrogen) atoms. The Morgan fingerprint density at radius 2 is 1.83 bits per heavy atom. The number of hydrogen-bond donors (Lipinski definition) is 1. The number of carbonyl (C=O) groups is 1. The minimum absolute atomic E-state index is 0.0253. The van der Waals surface area contributed by atoms with Gasteiger partial charge in [-0.1, -0.05) is 34.1 Å². The van der Waals surface area contributed by atoms with Crippen molar-refractivity contribution in [2.45, 2.75) is 40.5 Å². The lowest BCUT2D eigenvalue weighted by Gasteiger charge is -2.21. The Morgan fingerprint density at radius 1 is 1.33 bits per heavy atom. The Bertz CT molecular complexity index is 143. The van der Waals surface area contributed by atoms with Crippen molar-refractivity contribution in [2.24, 2.45) is 23.5 Å². The molecule has 2 N–H and O–H groups in total. The van der Waals surface area contributed by atoms with Crippen LogP contribution in [-0.4, -0.2) is 5.91 Å². The highest BCUT2D eigenvalue weighted by Crippen LogP contribution is 2.22. The Labute approximate surface area is 75.5 Å². The van der Waals surface area contributed by atoms with E-state index in [0.717, 1.165) is 12.8 Å². The highest BCUT2D eigenvalue weighted by molar-refractivity contribution is 5.76. The summed E-state index contributed by atoms with van der Waals surface area (Å²) >= 11 is 0. The van der Waals surface area contributed by atoms with E-state index in [0.29, 0.717) is 11.8 Å². The first-order chi connectivity index (χ1) is 5.49. The molecule has 2 nitrogen and oxygen atoms in total. The Hall–Kier alpha value is -0.530. The van der Waals surface area contributed by atoms with E-state index in [1.165, 1.54) is 0 Å². The fourth-order valence-corrected chi connectivity index (χ4v) is 1.48. The van der Waals surface area contributed by atoms with Gasteiger partial charge >= 0.3 is 0 Å². The molecule has 0 heterocycles. The van der Waals surface area contributed by atoms with E-state index in [1.54, 1.807) is 0 Å². The van der Waals surface area contributed by atoms with E-state index in [1.807, 2.05) is 6.92 Å². The van der Waals surface area contributed by atoms with Crippen molar-refractivity contribution < 1.29 is 4.79 Å². The average Bonchev–Trinajstić information content (AvgIpc) is 1.98. The molecule has 0 aromatic carbocycles. The van der Waals surface area contributed by atoms with Gasteiger partial charge in [0.2, 0.25) is 5.91 Å². The van der Waals surface area contributed by atoms with Gasteiger partial charge in [0.1, 0.15) is 0 Å². The Balaban J connectivity index is 3.93. The second-order valence-electron chi connectivity index (χ2n) is 3.95. The quantitative estimate of drug-likeness (QED) is 0.677. The number of rotatable bonds is 5. The zero-order valence-electron chi connectivity index (χ0n) is 8.63. The fraction of sp³-hybridized carbons (Fsp3) is 0.900. The van der Waals surface area contributed by atoms with Gasteiger partial charge in [-0.25, -0.2) is 0 Å². The van der Waals surface area contributed by atoms with Gasteiger partial charge in [0.25, 0.3) is 0 Å². The molecule has 2 unspecified atom stereocenters.